The highest BCUT2D eigenvalue weighted by atomic mass is 32.2. The molecule has 1 aliphatic carbocycles. The quantitative estimate of drug-likeness (QED) is 0.191. The van der Waals surface area contributed by atoms with E-state index in [0.29, 0.717) is 28.2 Å². The lowest BCUT2D eigenvalue weighted by atomic mass is 10.0. The van der Waals surface area contributed by atoms with Gasteiger partial charge in [0.05, 0.1) is 28.8 Å². The molecule has 2 aromatic carbocycles. The highest BCUT2D eigenvalue weighted by Crippen LogP contribution is 2.40. The number of ether oxygens (including phenoxy) is 2. The Bertz CT molecular complexity index is 1660. The van der Waals surface area contributed by atoms with E-state index in [0.717, 1.165) is 35.9 Å². The van der Waals surface area contributed by atoms with Gasteiger partial charge in [-0.3, -0.25) is 9.48 Å². The van der Waals surface area contributed by atoms with Crippen molar-refractivity contribution in [2.75, 3.05) is 7.11 Å². The summed E-state index contributed by atoms with van der Waals surface area (Å²) in [6.45, 7) is 3.88. The van der Waals surface area contributed by atoms with Crippen molar-refractivity contribution in [2.45, 2.75) is 58.2 Å². The number of benzene rings is 2. The molecule has 44 heavy (non-hydrogen) atoms. The molecule has 1 fully saturated rings. The van der Waals surface area contributed by atoms with Crippen LogP contribution in [0.4, 0.5) is 26.3 Å². The Hall–Kier alpha value is -3.94. The number of thioether (sulfide) groups is 1. The second-order valence-corrected chi connectivity index (χ2v) is 11.5. The normalized spacial score (nSPS) is 16.5. The van der Waals surface area contributed by atoms with Gasteiger partial charge in [0, 0.05) is 36.5 Å². The van der Waals surface area contributed by atoms with Crippen molar-refractivity contribution in [3.8, 4) is 11.5 Å². The number of carbonyl (C=O) groups is 1. The molecule has 5 rings (SSSR count). The first-order valence-corrected chi connectivity index (χ1v) is 14.3. The number of methoxy groups -OCH3 is 1. The lowest BCUT2D eigenvalue weighted by Gasteiger charge is -2.23. The summed E-state index contributed by atoms with van der Waals surface area (Å²) in [5.41, 5.74) is 0.306. The number of halogens is 6. The van der Waals surface area contributed by atoms with Crippen molar-refractivity contribution in [2.24, 2.45) is 12.0 Å². The Morgan fingerprint density at radius 1 is 1.05 bits per heavy atom. The minimum absolute atomic E-state index is 0.0707. The Balaban J connectivity index is 1.32. The maximum atomic E-state index is 13.5. The number of alkyl halides is 6. The first-order valence-electron chi connectivity index (χ1n) is 13.5. The third kappa shape index (κ3) is 6.74. The largest absolute Gasteiger partial charge is 0.493 e. The first-order chi connectivity index (χ1) is 20.7. The van der Waals surface area contributed by atoms with Crippen LogP contribution in [0.15, 0.2) is 46.3 Å². The van der Waals surface area contributed by atoms with Crippen LogP contribution in [0.1, 0.15) is 52.0 Å². The summed E-state index contributed by atoms with van der Waals surface area (Å²) in [4.78, 5) is 19.7. The average molecular weight is 639 g/mol. The molecule has 0 radical (unpaired) electrons. The van der Waals surface area contributed by atoms with Gasteiger partial charge < -0.3 is 14.4 Å². The summed E-state index contributed by atoms with van der Waals surface area (Å²) in [6.07, 6.45) is -6.30. The van der Waals surface area contributed by atoms with Gasteiger partial charge in [0.15, 0.2) is 16.7 Å². The van der Waals surface area contributed by atoms with E-state index in [-0.39, 0.29) is 23.6 Å². The third-order valence-electron chi connectivity index (χ3n) is 7.44. The van der Waals surface area contributed by atoms with Gasteiger partial charge in [-0.25, -0.2) is 0 Å². The van der Waals surface area contributed by atoms with Gasteiger partial charge in [-0.1, -0.05) is 12.1 Å². The summed E-state index contributed by atoms with van der Waals surface area (Å²) in [5, 5.41) is 5.10. The number of aryl methyl sites for hydroxylation is 2. The Morgan fingerprint density at radius 2 is 1.77 bits per heavy atom. The predicted octanol–water partition coefficient (Wildman–Crippen LogP) is 7.30. The molecule has 0 bridgehead atoms. The number of amidine groups is 1. The zero-order valence-corrected chi connectivity index (χ0v) is 25.0. The lowest BCUT2D eigenvalue weighted by molar-refractivity contribution is -0.143. The fourth-order valence-electron chi connectivity index (χ4n) is 4.82. The van der Waals surface area contributed by atoms with Crippen LogP contribution in [0, 0.1) is 13.8 Å². The Kier molecular flexibility index (Phi) is 8.49. The molecule has 3 aromatic rings. The van der Waals surface area contributed by atoms with Crippen LogP contribution in [0.5, 0.6) is 11.5 Å². The molecule has 0 saturated heterocycles. The topological polar surface area (TPSA) is 69.0 Å². The maximum Gasteiger partial charge on any atom is 0.416 e. The highest BCUT2D eigenvalue weighted by Gasteiger charge is 2.39. The summed E-state index contributed by atoms with van der Waals surface area (Å²) < 4.78 is 92.4. The van der Waals surface area contributed by atoms with Gasteiger partial charge in [0.2, 0.25) is 0 Å². The van der Waals surface area contributed by atoms with Gasteiger partial charge in [-0.2, -0.15) is 36.4 Å². The number of hydrogen-bond acceptors (Lipinski definition) is 6. The summed E-state index contributed by atoms with van der Waals surface area (Å²) in [6, 6.07) is 6.28. The molecule has 234 valence electrons. The van der Waals surface area contributed by atoms with Crippen molar-refractivity contribution >= 4 is 28.9 Å². The molecule has 14 heteroatoms. The molecule has 0 unspecified atom stereocenters. The Morgan fingerprint density at radius 3 is 2.36 bits per heavy atom. The monoisotopic (exact) mass is 638 g/mol. The van der Waals surface area contributed by atoms with E-state index in [1.165, 1.54) is 24.9 Å². The average Bonchev–Trinajstić information content (AvgIpc) is 3.68. The van der Waals surface area contributed by atoms with Gasteiger partial charge in [-0.15, -0.1) is 0 Å². The number of carbonyl (C=O) groups excluding carboxylic acids is 1. The molecule has 0 spiro atoms. The molecular formula is C30H28F6N4O3S. The van der Waals surface area contributed by atoms with E-state index in [1.54, 1.807) is 18.2 Å². The maximum absolute atomic E-state index is 13.5. The third-order valence-corrected chi connectivity index (χ3v) is 8.46. The van der Waals surface area contributed by atoms with Gasteiger partial charge in [0.1, 0.15) is 6.61 Å². The fraction of sp³-hybridized carbons (Fsp3) is 0.367. The second-order valence-electron chi connectivity index (χ2n) is 10.5. The number of hydrogen-bond donors (Lipinski definition) is 0. The molecule has 0 atom stereocenters. The van der Waals surface area contributed by atoms with Crippen molar-refractivity contribution in [3.05, 3.63) is 80.5 Å². The van der Waals surface area contributed by atoms with Gasteiger partial charge in [-0.05, 0) is 74.4 Å². The molecule has 1 aliphatic heterocycles. The molecule has 2 heterocycles. The molecule has 7 nitrogen and oxygen atoms in total. The molecule has 1 saturated carbocycles. The molecule has 2 aliphatic rings. The van der Waals surface area contributed by atoms with E-state index in [4.69, 9.17) is 9.47 Å². The zero-order chi connectivity index (χ0) is 32.0. The lowest BCUT2D eigenvalue weighted by Crippen LogP contribution is -2.30. The Labute approximate surface area is 253 Å². The van der Waals surface area contributed by atoms with E-state index >= 15 is 0 Å². The zero-order valence-electron chi connectivity index (χ0n) is 24.1. The van der Waals surface area contributed by atoms with Crippen LogP contribution in [-0.4, -0.2) is 38.9 Å². The van der Waals surface area contributed by atoms with Gasteiger partial charge >= 0.3 is 12.4 Å². The molecular weight excluding hydrogens is 610 g/mol. The second kappa shape index (κ2) is 11.9. The van der Waals surface area contributed by atoms with E-state index in [1.807, 2.05) is 25.6 Å². The number of nitrogens with zero attached hydrogens (tertiary/aromatic N) is 4. The van der Waals surface area contributed by atoms with Crippen LogP contribution in [-0.2, 0) is 37.3 Å². The minimum atomic E-state index is -5.02. The number of aromatic nitrogens is 2. The first kappa shape index (κ1) is 31.5. The van der Waals surface area contributed by atoms with Crippen LogP contribution >= 0.6 is 11.8 Å². The summed E-state index contributed by atoms with van der Waals surface area (Å²) in [7, 11) is 3.23. The SMILES string of the molecule is COc1cc(/C=C2\SC(N(Cc3c(C)nn(C)c3C)C3CC3)=NC2=O)ccc1OCc1ccc(C(F)(F)F)cc1C(F)(F)F. The highest BCUT2D eigenvalue weighted by molar-refractivity contribution is 8.18. The van der Waals surface area contributed by atoms with Crippen LogP contribution in [0.25, 0.3) is 6.08 Å². The van der Waals surface area contributed by atoms with Crippen LogP contribution in [0.2, 0.25) is 0 Å². The van der Waals surface area contributed by atoms with Crippen molar-refractivity contribution in [3.63, 3.8) is 0 Å². The fourth-order valence-corrected chi connectivity index (χ4v) is 5.80. The molecule has 1 amide bonds. The molecule has 0 N–H and O–H groups in total. The summed E-state index contributed by atoms with van der Waals surface area (Å²) >= 11 is 1.26. The minimum Gasteiger partial charge on any atom is -0.493 e. The van der Waals surface area contributed by atoms with Crippen LogP contribution in [0.3, 0.4) is 0 Å². The number of rotatable bonds is 8. The van der Waals surface area contributed by atoms with Gasteiger partial charge in [0.25, 0.3) is 5.91 Å². The predicted molar refractivity (Wildman–Crippen MR) is 153 cm³/mol. The number of aliphatic imine (C=N–C) groups is 1. The van der Waals surface area contributed by atoms with Crippen molar-refractivity contribution in [1.29, 1.82) is 0 Å². The summed E-state index contributed by atoms with van der Waals surface area (Å²) in [5.74, 6) is -0.151. The van der Waals surface area contributed by atoms with E-state index < -0.39 is 41.6 Å². The van der Waals surface area contributed by atoms with E-state index in [2.05, 4.69) is 15.0 Å². The van der Waals surface area contributed by atoms with Crippen molar-refractivity contribution in [1.82, 2.24) is 14.7 Å². The van der Waals surface area contributed by atoms with Crippen molar-refractivity contribution < 1.29 is 40.6 Å². The van der Waals surface area contributed by atoms with E-state index in [9.17, 15) is 31.1 Å². The van der Waals surface area contributed by atoms with Crippen LogP contribution < -0.4 is 9.47 Å². The standard InChI is InChI=1S/C30H28F6N4O3S/c1-16-22(17(2)39(3)38-16)14-40(21-8-9-21)28-37-27(41)26(44-28)12-18-5-10-24(25(11-18)42-4)43-15-19-6-7-20(29(31,32)33)13-23(19)30(34,35)36/h5-7,10-13,21H,8-9,14-15H2,1-4H3/b26-12-. The number of amides is 1. The smallest absolute Gasteiger partial charge is 0.416 e. The molecule has 1 aromatic heterocycles.